The molecule has 1 heterocycles. The van der Waals surface area contributed by atoms with Crippen molar-refractivity contribution in [3.05, 3.63) is 50.3 Å². The number of rotatable bonds is 6. The molecule has 0 fully saturated rings. The molecule has 2 aromatic rings. The average molecular weight is 439 g/mol. The van der Waals surface area contributed by atoms with Crippen molar-refractivity contribution in [1.82, 2.24) is 5.32 Å². The van der Waals surface area contributed by atoms with Gasteiger partial charge in [0.15, 0.2) is 0 Å². The minimum Gasteiger partial charge on any atom is -0.462 e. The van der Waals surface area contributed by atoms with Crippen LogP contribution in [0.5, 0.6) is 0 Å². The number of hydrogen-bond donors (Lipinski definition) is 2. The SMILES string of the molecule is CCOC(=O)c1c(NC(=O)Cc2ccc(Br)cc2)sc(C(=O)NC)c1C. The summed E-state index contributed by atoms with van der Waals surface area (Å²) in [6.07, 6.45) is 0.155. The van der Waals surface area contributed by atoms with Crippen molar-refractivity contribution in [1.29, 1.82) is 0 Å². The molecule has 0 bridgehead atoms. The molecule has 0 spiro atoms. The van der Waals surface area contributed by atoms with E-state index in [9.17, 15) is 14.4 Å². The van der Waals surface area contributed by atoms with Crippen LogP contribution >= 0.6 is 27.3 Å². The van der Waals surface area contributed by atoms with Crippen molar-refractivity contribution >= 4 is 50.1 Å². The Morgan fingerprint density at radius 2 is 1.85 bits per heavy atom. The van der Waals surface area contributed by atoms with E-state index in [2.05, 4.69) is 26.6 Å². The standard InChI is InChI=1S/C18H19BrN2O4S/c1-4-25-18(24)14-10(2)15(16(23)20-3)26-17(14)21-13(22)9-11-5-7-12(19)8-6-11/h5-8H,4,9H2,1-3H3,(H,20,23)(H,21,22). The Balaban J connectivity index is 2.28. The van der Waals surface area contributed by atoms with Gasteiger partial charge in [0, 0.05) is 11.5 Å². The Labute approximate surface area is 164 Å². The summed E-state index contributed by atoms with van der Waals surface area (Å²) in [6, 6.07) is 7.38. The third-order valence-corrected chi connectivity index (χ3v) is 5.33. The Morgan fingerprint density at radius 3 is 2.42 bits per heavy atom. The summed E-state index contributed by atoms with van der Waals surface area (Å²) in [5.74, 6) is -1.15. The van der Waals surface area contributed by atoms with Crippen LogP contribution in [0.4, 0.5) is 5.00 Å². The minimum absolute atomic E-state index is 0.155. The van der Waals surface area contributed by atoms with E-state index >= 15 is 0 Å². The highest BCUT2D eigenvalue weighted by Crippen LogP contribution is 2.34. The van der Waals surface area contributed by atoms with Gasteiger partial charge in [-0.25, -0.2) is 4.79 Å². The van der Waals surface area contributed by atoms with Crippen molar-refractivity contribution < 1.29 is 19.1 Å². The van der Waals surface area contributed by atoms with Gasteiger partial charge in [-0.05, 0) is 37.1 Å². The first-order chi connectivity index (χ1) is 12.4. The number of carbonyl (C=O) groups excluding carboxylic acids is 3. The van der Waals surface area contributed by atoms with Gasteiger partial charge in [-0.1, -0.05) is 28.1 Å². The maximum Gasteiger partial charge on any atom is 0.341 e. The van der Waals surface area contributed by atoms with Crippen LogP contribution in [0, 0.1) is 6.92 Å². The highest BCUT2D eigenvalue weighted by molar-refractivity contribution is 9.10. The van der Waals surface area contributed by atoms with Crippen molar-refractivity contribution in [3.8, 4) is 0 Å². The van der Waals surface area contributed by atoms with Crippen LogP contribution in [0.2, 0.25) is 0 Å². The number of thiophene rings is 1. The molecular weight excluding hydrogens is 420 g/mol. The lowest BCUT2D eigenvalue weighted by Crippen LogP contribution is -2.18. The van der Waals surface area contributed by atoms with E-state index < -0.39 is 5.97 Å². The van der Waals surface area contributed by atoms with Gasteiger partial charge in [-0.2, -0.15) is 0 Å². The summed E-state index contributed by atoms with van der Waals surface area (Å²) in [5.41, 5.74) is 1.55. The van der Waals surface area contributed by atoms with Crippen LogP contribution in [0.25, 0.3) is 0 Å². The normalized spacial score (nSPS) is 10.3. The van der Waals surface area contributed by atoms with Gasteiger partial charge in [-0.3, -0.25) is 9.59 Å². The van der Waals surface area contributed by atoms with Gasteiger partial charge < -0.3 is 15.4 Å². The molecule has 6 nitrogen and oxygen atoms in total. The van der Waals surface area contributed by atoms with E-state index in [1.54, 1.807) is 13.8 Å². The lowest BCUT2D eigenvalue weighted by molar-refractivity contribution is -0.115. The van der Waals surface area contributed by atoms with Gasteiger partial charge in [0.25, 0.3) is 5.91 Å². The molecule has 0 unspecified atom stereocenters. The van der Waals surface area contributed by atoms with Crippen LogP contribution in [0.15, 0.2) is 28.7 Å². The smallest absolute Gasteiger partial charge is 0.341 e. The number of esters is 1. The van der Waals surface area contributed by atoms with Crippen molar-refractivity contribution in [2.75, 3.05) is 19.0 Å². The highest BCUT2D eigenvalue weighted by atomic mass is 79.9. The van der Waals surface area contributed by atoms with Gasteiger partial charge in [0.05, 0.1) is 23.5 Å². The molecule has 2 N–H and O–H groups in total. The second-order valence-corrected chi connectivity index (χ2v) is 7.35. The number of carbonyl (C=O) groups is 3. The quantitative estimate of drug-likeness (QED) is 0.675. The number of ether oxygens (including phenoxy) is 1. The summed E-state index contributed by atoms with van der Waals surface area (Å²) in [5, 5.41) is 5.60. The van der Waals surface area contributed by atoms with E-state index in [4.69, 9.17) is 4.74 Å². The fourth-order valence-electron chi connectivity index (χ4n) is 2.34. The molecule has 1 aromatic heterocycles. The summed E-state index contributed by atoms with van der Waals surface area (Å²) in [7, 11) is 1.51. The molecule has 2 amide bonds. The lowest BCUT2D eigenvalue weighted by atomic mass is 10.1. The summed E-state index contributed by atoms with van der Waals surface area (Å²) in [6.45, 7) is 3.57. The van der Waals surface area contributed by atoms with E-state index in [0.717, 1.165) is 21.4 Å². The maximum atomic E-state index is 12.4. The molecule has 26 heavy (non-hydrogen) atoms. The second-order valence-electron chi connectivity index (χ2n) is 5.41. The zero-order valence-electron chi connectivity index (χ0n) is 14.6. The Morgan fingerprint density at radius 1 is 1.19 bits per heavy atom. The summed E-state index contributed by atoms with van der Waals surface area (Å²) in [4.78, 5) is 37.1. The lowest BCUT2D eigenvalue weighted by Gasteiger charge is -2.07. The topological polar surface area (TPSA) is 84.5 Å². The molecule has 0 saturated heterocycles. The van der Waals surface area contributed by atoms with Crippen LogP contribution in [0.3, 0.4) is 0 Å². The first-order valence-corrected chi connectivity index (χ1v) is 9.55. The van der Waals surface area contributed by atoms with E-state index in [0.29, 0.717) is 15.4 Å². The number of halogens is 1. The molecule has 0 atom stereocenters. The molecule has 0 aliphatic rings. The minimum atomic E-state index is -0.560. The molecule has 8 heteroatoms. The summed E-state index contributed by atoms with van der Waals surface area (Å²) < 4.78 is 5.99. The first-order valence-electron chi connectivity index (χ1n) is 7.94. The van der Waals surface area contributed by atoms with Gasteiger partial charge >= 0.3 is 5.97 Å². The van der Waals surface area contributed by atoms with Gasteiger partial charge in [-0.15, -0.1) is 11.3 Å². The number of amides is 2. The number of benzene rings is 1. The number of hydrogen-bond acceptors (Lipinski definition) is 5. The summed E-state index contributed by atoms with van der Waals surface area (Å²) >= 11 is 4.41. The zero-order valence-corrected chi connectivity index (χ0v) is 17.0. The Bertz CT molecular complexity index is 830. The maximum absolute atomic E-state index is 12.4. The van der Waals surface area contributed by atoms with E-state index in [-0.39, 0.29) is 30.4 Å². The second kappa shape index (κ2) is 8.95. The average Bonchev–Trinajstić information content (AvgIpc) is 2.92. The fraction of sp³-hybridized carbons (Fsp3) is 0.278. The largest absolute Gasteiger partial charge is 0.462 e. The first kappa shape index (κ1) is 20.1. The van der Waals surface area contributed by atoms with Crippen LogP contribution < -0.4 is 10.6 Å². The third-order valence-electron chi connectivity index (χ3n) is 3.59. The van der Waals surface area contributed by atoms with Crippen LogP contribution in [-0.4, -0.2) is 31.4 Å². The monoisotopic (exact) mass is 438 g/mol. The molecule has 0 aliphatic heterocycles. The van der Waals surface area contributed by atoms with Crippen molar-refractivity contribution in [2.45, 2.75) is 20.3 Å². The predicted molar refractivity (Wildman–Crippen MR) is 105 cm³/mol. The molecule has 1 aromatic carbocycles. The Hall–Kier alpha value is -2.19. The van der Waals surface area contributed by atoms with E-state index in [1.807, 2.05) is 24.3 Å². The number of anilines is 1. The van der Waals surface area contributed by atoms with Gasteiger partial charge in [0.2, 0.25) is 5.91 Å². The predicted octanol–water partition coefficient (Wildman–Crippen LogP) is 3.54. The van der Waals surface area contributed by atoms with E-state index in [1.165, 1.54) is 7.05 Å². The van der Waals surface area contributed by atoms with Crippen LogP contribution in [-0.2, 0) is 16.0 Å². The molecule has 2 rings (SSSR count). The molecule has 0 radical (unpaired) electrons. The number of nitrogens with one attached hydrogen (secondary N) is 2. The van der Waals surface area contributed by atoms with Crippen molar-refractivity contribution in [2.24, 2.45) is 0 Å². The van der Waals surface area contributed by atoms with Crippen LogP contribution in [0.1, 0.15) is 38.1 Å². The third kappa shape index (κ3) is 4.70. The zero-order chi connectivity index (χ0) is 19.3. The highest BCUT2D eigenvalue weighted by Gasteiger charge is 2.26. The molecule has 0 saturated carbocycles. The Kier molecular flexibility index (Phi) is 6.93. The van der Waals surface area contributed by atoms with Crippen molar-refractivity contribution in [3.63, 3.8) is 0 Å². The molecule has 138 valence electrons. The molecule has 0 aliphatic carbocycles. The molecular formula is C18H19BrN2O4S. The van der Waals surface area contributed by atoms with Gasteiger partial charge in [0.1, 0.15) is 5.00 Å². The fourth-order valence-corrected chi connectivity index (χ4v) is 3.76.